The highest BCUT2D eigenvalue weighted by atomic mass is 32.2. The van der Waals surface area contributed by atoms with Crippen molar-refractivity contribution >= 4 is 34.2 Å². The number of hydrazone groups is 1. The first-order valence-electron chi connectivity index (χ1n) is 11.0. The van der Waals surface area contributed by atoms with Crippen molar-refractivity contribution in [3.05, 3.63) is 105 Å². The van der Waals surface area contributed by atoms with Gasteiger partial charge in [-0.2, -0.15) is 0 Å². The second-order valence-corrected chi connectivity index (χ2v) is 8.72. The Bertz CT molecular complexity index is 1460. The summed E-state index contributed by atoms with van der Waals surface area (Å²) < 4.78 is 5.78. The van der Waals surface area contributed by atoms with E-state index in [1.807, 2.05) is 55.5 Å². The molecular weight excluding hydrogens is 466 g/mol. The maximum Gasteiger partial charge on any atom is 0.276 e. The third kappa shape index (κ3) is 4.47. The fourth-order valence-electron chi connectivity index (χ4n) is 3.96. The standard InChI is InChI=1S/C25H21N5O4S/c1-2-34-21-13-12-17(30(32)33)14-19(21)23-26-20-11-7-6-10-18(20)22-24(31)27-25(28-29(22)23)35-15-16-8-4-3-5-9-16/h3-14,23H,2,15H2,1H3,(H,27,28,31). The van der Waals surface area contributed by atoms with Crippen LogP contribution in [0.25, 0.3) is 5.70 Å². The molecule has 176 valence electrons. The Kier molecular flexibility index (Phi) is 6.19. The van der Waals surface area contributed by atoms with Crippen molar-refractivity contribution in [2.24, 2.45) is 10.1 Å². The predicted octanol–water partition coefficient (Wildman–Crippen LogP) is 3.07. The highest BCUT2D eigenvalue weighted by Crippen LogP contribution is 2.37. The molecule has 0 aromatic heterocycles. The van der Waals surface area contributed by atoms with Crippen LogP contribution in [0.15, 0.2) is 82.9 Å². The Labute approximate surface area is 205 Å². The largest absolute Gasteiger partial charge is 0.493 e. The zero-order chi connectivity index (χ0) is 24.4. The van der Waals surface area contributed by atoms with Gasteiger partial charge in [0.05, 0.1) is 16.9 Å². The van der Waals surface area contributed by atoms with Gasteiger partial charge in [0.1, 0.15) is 11.4 Å². The van der Waals surface area contributed by atoms with Gasteiger partial charge in [0.2, 0.25) is 0 Å². The number of nitro groups is 1. The van der Waals surface area contributed by atoms with Gasteiger partial charge < -0.3 is 4.74 Å². The number of benzene rings is 3. The summed E-state index contributed by atoms with van der Waals surface area (Å²) in [5.41, 5.74) is 1.78. The number of non-ortho nitro benzene ring substituents is 1. The Balaban J connectivity index is 1.63. The molecule has 0 radical (unpaired) electrons. The minimum Gasteiger partial charge on any atom is -0.493 e. The highest BCUT2D eigenvalue weighted by Gasteiger charge is 2.36. The number of hydrogen-bond donors (Lipinski definition) is 1. The van der Waals surface area contributed by atoms with Gasteiger partial charge >= 0.3 is 0 Å². The Morgan fingerprint density at radius 2 is 1.89 bits per heavy atom. The summed E-state index contributed by atoms with van der Waals surface area (Å²) in [7, 11) is 0. The molecule has 3 aromatic rings. The number of hydrogen-bond acceptors (Lipinski definition) is 8. The van der Waals surface area contributed by atoms with Gasteiger partial charge in [-0.3, -0.25) is 25.2 Å². The number of nitro benzene ring substituents is 1. The molecule has 0 aliphatic carbocycles. The summed E-state index contributed by atoms with van der Waals surface area (Å²) in [6.45, 7) is 2.20. The minimum atomic E-state index is -0.820. The van der Waals surface area contributed by atoms with Crippen molar-refractivity contribution in [3.8, 4) is 5.75 Å². The lowest BCUT2D eigenvalue weighted by Gasteiger charge is -2.34. The SMILES string of the molecule is CCOc1ccc([N+](=O)[O-])cc1C1N=c2ccccc2=C2C(=O)NC(SCc3ccccc3)=NN21. The average Bonchev–Trinajstić information content (AvgIpc) is 2.88. The zero-order valence-corrected chi connectivity index (χ0v) is 19.6. The molecule has 0 saturated heterocycles. The number of amidine groups is 1. The van der Waals surface area contributed by atoms with Crippen molar-refractivity contribution in [2.75, 3.05) is 6.61 Å². The third-order valence-corrected chi connectivity index (χ3v) is 6.45. The molecule has 1 N–H and O–H groups in total. The molecule has 2 aliphatic rings. The van der Waals surface area contributed by atoms with E-state index in [0.29, 0.717) is 45.1 Å². The van der Waals surface area contributed by atoms with Crippen LogP contribution in [0.4, 0.5) is 5.69 Å². The minimum absolute atomic E-state index is 0.0943. The van der Waals surface area contributed by atoms with E-state index < -0.39 is 11.1 Å². The van der Waals surface area contributed by atoms with E-state index in [4.69, 9.17) is 14.8 Å². The number of carbonyl (C=O) groups excluding carboxylic acids is 1. The molecule has 0 bridgehead atoms. The molecule has 2 aliphatic heterocycles. The molecule has 1 unspecified atom stereocenters. The molecule has 1 amide bonds. The van der Waals surface area contributed by atoms with Crippen LogP contribution in [0.2, 0.25) is 0 Å². The first kappa shape index (κ1) is 22.6. The van der Waals surface area contributed by atoms with Crippen LogP contribution in [0.5, 0.6) is 5.75 Å². The van der Waals surface area contributed by atoms with Gasteiger partial charge in [0, 0.05) is 28.7 Å². The summed E-state index contributed by atoms with van der Waals surface area (Å²) in [4.78, 5) is 29.2. The number of nitrogens with zero attached hydrogens (tertiary/aromatic N) is 4. The van der Waals surface area contributed by atoms with Crippen molar-refractivity contribution in [1.82, 2.24) is 10.3 Å². The molecule has 2 heterocycles. The van der Waals surface area contributed by atoms with Crippen LogP contribution in [-0.2, 0) is 10.5 Å². The lowest BCUT2D eigenvalue weighted by Crippen LogP contribution is -2.50. The third-order valence-electron chi connectivity index (χ3n) is 5.52. The summed E-state index contributed by atoms with van der Waals surface area (Å²) in [6, 6.07) is 21.5. The van der Waals surface area contributed by atoms with Gasteiger partial charge in [-0.25, -0.2) is 5.01 Å². The molecule has 35 heavy (non-hydrogen) atoms. The normalized spacial score (nSPS) is 16.4. The molecule has 3 aromatic carbocycles. The van der Waals surface area contributed by atoms with Crippen LogP contribution in [0, 0.1) is 10.1 Å². The van der Waals surface area contributed by atoms with Crippen LogP contribution in [-0.4, -0.2) is 27.6 Å². The first-order valence-corrected chi connectivity index (χ1v) is 12.0. The number of nitrogens with one attached hydrogen (secondary N) is 1. The second kappa shape index (κ2) is 9.59. The second-order valence-electron chi connectivity index (χ2n) is 7.76. The lowest BCUT2D eigenvalue weighted by atomic mass is 10.1. The maximum atomic E-state index is 13.3. The zero-order valence-electron chi connectivity index (χ0n) is 18.7. The topological polar surface area (TPSA) is 109 Å². The van der Waals surface area contributed by atoms with Gasteiger partial charge in [-0.15, -0.1) is 5.10 Å². The monoisotopic (exact) mass is 487 g/mol. The fourth-order valence-corrected chi connectivity index (χ4v) is 4.77. The van der Waals surface area contributed by atoms with E-state index in [1.54, 1.807) is 12.1 Å². The smallest absolute Gasteiger partial charge is 0.276 e. The number of rotatable bonds is 6. The van der Waals surface area contributed by atoms with Crippen LogP contribution in [0.1, 0.15) is 24.2 Å². The van der Waals surface area contributed by atoms with E-state index in [1.165, 1.54) is 28.9 Å². The number of para-hydroxylation sites is 1. The van der Waals surface area contributed by atoms with Gasteiger partial charge in [0.25, 0.3) is 11.6 Å². The van der Waals surface area contributed by atoms with Crippen molar-refractivity contribution < 1.29 is 14.5 Å². The Hall–Kier alpha value is -4.18. The van der Waals surface area contributed by atoms with E-state index in [0.717, 1.165) is 5.56 Å². The van der Waals surface area contributed by atoms with E-state index in [-0.39, 0.29) is 11.6 Å². The van der Waals surface area contributed by atoms with Crippen LogP contribution in [0.3, 0.4) is 0 Å². The molecule has 0 fully saturated rings. The summed E-state index contributed by atoms with van der Waals surface area (Å²) >= 11 is 1.39. The van der Waals surface area contributed by atoms with E-state index in [2.05, 4.69) is 5.32 Å². The summed E-state index contributed by atoms with van der Waals surface area (Å²) in [5.74, 6) is 0.749. The van der Waals surface area contributed by atoms with E-state index >= 15 is 0 Å². The van der Waals surface area contributed by atoms with Crippen molar-refractivity contribution in [1.29, 1.82) is 0 Å². The molecule has 0 saturated carbocycles. The fraction of sp³-hybridized carbons (Fsp3) is 0.160. The van der Waals surface area contributed by atoms with E-state index in [9.17, 15) is 14.9 Å². The quantitative estimate of drug-likeness (QED) is 0.423. The number of amides is 1. The van der Waals surface area contributed by atoms with Gasteiger partial charge in [-0.1, -0.05) is 60.3 Å². The number of fused-ring (bicyclic) bond motifs is 2. The molecule has 10 heteroatoms. The molecule has 1 atom stereocenters. The first-order chi connectivity index (χ1) is 17.0. The number of ether oxygens (including phenoxy) is 1. The summed E-state index contributed by atoms with van der Waals surface area (Å²) in [6.07, 6.45) is -0.820. The van der Waals surface area contributed by atoms with Crippen LogP contribution < -0.4 is 20.6 Å². The Morgan fingerprint density at radius 1 is 1.11 bits per heavy atom. The van der Waals surface area contributed by atoms with Crippen molar-refractivity contribution in [2.45, 2.75) is 18.8 Å². The van der Waals surface area contributed by atoms with Crippen LogP contribution >= 0.6 is 11.8 Å². The molecule has 9 nitrogen and oxygen atoms in total. The maximum absolute atomic E-state index is 13.3. The molecule has 0 spiro atoms. The highest BCUT2D eigenvalue weighted by molar-refractivity contribution is 8.13. The van der Waals surface area contributed by atoms with Gasteiger partial charge in [0.15, 0.2) is 11.3 Å². The molecule has 5 rings (SSSR count). The average molecular weight is 488 g/mol. The lowest BCUT2D eigenvalue weighted by molar-refractivity contribution is -0.385. The predicted molar refractivity (Wildman–Crippen MR) is 133 cm³/mol. The van der Waals surface area contributed by atoms with Gasteiger partial charge in [-0.05, 0) is 24.6 Å². The van der Waals surface area contributed by atoms with Crippen molar-refractivity contribution in [3.63, 3.8) is 0 Å². The number of carbonyl (C=O) groups is 1. The Morgan fingerprint density at radius 3 is 2.66 bits per heavy atom. The number of thioether (sulfide) groups is 1. The molecular formula is C25H21N5O4S. The summed E-state index contributed by atoms with van der Waals surface area (Å²) in [5, 5.41) is 22.3.